The Morgan fingerprint density at radius 2 is 1.54 bits per heavy atom. The van der Waals surface area contributed by atoms with Crippen LogP contribution in [0.5, 0.6) is 0 Å². The van der Waals surface area contributed by atoms with Gasteiger partial charge in [0, 0.05) is 27.9 Å². The molecular formula is C33H23ClN2O3. The quantitative estimate of drug-likeness (QED) is 0.218. The number of carbonyl (C=O) groups is 1. The molecule has 6 heteroatoms. The Morgan fingerprint density at radius 3 is 2.33 bits per heavy atom. The molecule has 2 heterocycles. The number of furan rings is 1. The number of aryl methyl sites for hydroxylation is 1. The number of hydrogen-bond acceptors (Lipinski definition) is 4. The van der Waals surface area contributed by atoms with Crippen molar-refractivity contribution in [3.63, 3.8) is 0 Å². The molecule has 39 heavy (non-hydrogen) atoms. The second kappa shape index (κ2) is 10.5. The molecule has 0 atom stereocenters. The number of rotatable bonds is 6. The molecule has 5 nitrogen and oxygen atoms in total. The first-order valence-electron chi connectivity index (χ1n) is 12.4. The fraction of sp³-hybridized carbons (Fsp3) is 0.0303. The number of nitrogens with one attached hydrogen (secondary N) is 1. The lowest BCUT2D eigenvalue weighted by Gasteiger charge is -2.02. The van der Waals surface area contributed by atoms with Crippen LogP contribution in [0.15, 0.2) is 118 Å². The molecule has 6 rings (SSSR count). The molecular weight excluding hydrogens is 508 g/mol. The molecule has 0 saturated heterocycles. The summed E-state index contributed by atoms with van der Waals surface area (Å²) in [7, 11) is 0. The lowest BCUT2D eigenvalue weighted by atomic mass is 10.0. The number of hydrogen-bond donors (Lipinski definition) is 1. The molecule has 0 radical (unpaired) electrons. The van der Waals surface area contributed by atoms with Crippen LogP contribution in [0.1, 0.15) is 11.3 Å². The van der Waals surface area contributed by atoms with Crippen LogP contribution in [0.25, 0.3) is 51.1 Å². The summed E-state index contributed by atoms with van der Waals surface area (Å²) in [5, 5.41) is 3.54. The Morgan fingerprint density at radius 1 is 0.795 bits per heavy atom. The molecule has 0 aliphatic carbocycles. The average Bonchev–Trinajstić information content (AvgIpc) is 3.61. The molecule has 1 N–H and O–H groups in total. The number of fused-ring (bicyclic) bond motifs is 1. The van der Waals surface area contributed by atoms with Crippen LogP contribution in [0.4, 0.5) is 5.69 Å². The van der Waals surface area contributed by atoms with Crippen molar-refractivity contribution >= 4 is 40.4 Å². The number of carbonyl (C=O) groups excluding carboxylic acids is 1. The van der Waals surface area contributed by atoms with E-state index in [1.54, 1.807) is 24.3 Å². The normalized spacial score (nSPS) is 11.3. The van der Waals surface area contributed by atoms with Gasteiger partial charge >= 0.3 is 0 Å². The highest BCUT2D eigenvalue weighted by Gasteiger charge is 2.11. The summed E-state index contributed by atoms with van der Waals surface area (Å²) >= 11 is 6.23. The lowest BCUT2D eigenvalue weighted by molar-refractivity contribution is -0.111. The minimum Gasteiger partial charge on any atom is -0.457 e. The van der Waals surface area contributed by atoms with Gasteiger partial charge in [-0.25, -0.2) is 4.98 Å². The van der Waals surface area contributed by atoms with Crippen LogP contribution in [-0.2, 0) is 4.79 Å². The molecule has 2 aromatic heterocycles. The van der Waals surface area contributed by atoms with Gasteiger partial charge in [0.25, 0.3) is 0 Å². The van der Waals surface area contributed by atoms with Gasteiger partial charge in [-0.15, -0.1) is 0 Å². The van der Waals surface area contributed by atoms with Gasteiger partial charge in [-0.2, -0.15) is 0 Å². The highest BCUT2D eigenvalue weighted by molar-refractivity contribution is 6.31. The van der Waals surface area contributed by atoms with Gasteiger partial charge in [-0.3, -0.25) is 4.79 Å². The van der Waals surface area contributed by atoms with Gasteiger partial charge in [0.15, 0.2) is 5.58 Å². The average molecular weight is 531 g/mol. The van der Waals surface area contributed by atoms with Crippen molar-refractivity contribution < 1.29 is 13.6 Å². The van der Waals surface area contributed by atoms with Gasteiger partial charge in [0.2, 0.25) is 11.8 Å². The van der Waals surface area contributed by atoms with Crippen LogP contribution in [-0.4, -0.2) is 10.9 Å². The Hall–Kier alpha value is -4.87. The number of benzene rings is 4. The minimum atomic E-state index is -0.286. The predicted octanol–water partition coefficient (Wildman–Crippen LogP) is 9.04. The van der Waals surface area contributed by atoms with Gasteiger partial charge in [-0.05, 0) is 78.2 Å². The topological polar surface area (TPSA) is 68.3 Å². The van der Waals surface area contributed by atoms with E-state index in [1.807, 2.05) is 67.6 Å². The Kier molecular flexibility index (Phi) is 6.57. The maximum atomic E-state index is 12.6. The third-order valence-corrected chi connectivity index (χ3v) is 6.78. The number of halogens is 1. The van der Waals surface area contributed by atoms with Gasteiger partial charge in [-0.1, -0.05) is 66.2 Å². The van der Waals surface area contributed by atoms with Crippen molar-refractivity contribution in [1.29, 1.82) is 0 Å². The van der Waals surface area contributed by atoms with E-state index in [9.17, 15) is 4.79 Å². The SMILES string of the molecule is Cc1ccc(-c2ccc(/C=C/C(=O)Nc3ccc4oc(-c5ccc(-c6ccccc6)cc5)nc4c3)o2)cc1Cl. The Labute approximate surface area is 230 Å². The molecule has 190 valence electrons. The minimum absolute atomic E-state index is 0.286. The predicted molar refractivity (Wildman–Crippen MR) is 156 cm³/mol. The van der Waals surface area contributed by atoms with E-state index >= 15 is 0 Å². The molecule has 0 aliphatic heterocycles. The second-order valence-corrected chi connectivity index (χ2v) is 9.54. The fourth-order valence-electron chi connectivity index (χ4n) is 4.25. The van der Waals surface area contributed by atoms with E-state index in [-0.39, 0.29) is 5.91 Å². The van der Waals surface area contributed by atoms with Crippen LogP contribution >= 0.6 is 11.6 Å². The van der Waals surface area contributed by atoms with E-state index in [1.165, 1.54) is 6.08 Å². The first kappa shape index (κ1) is 24.5. The molecule has 0 bridgehead atoms. The summed E-state index contributed by atoms with van der Waals surface area (Å²) in [6, 6.07) is 33.1. The summed E-state index contributed by atoms with van der Waals surface area (Å²) < 4.78 is 11.8. The fourth-order valence-corrected chi connectivity index (χ4v) is 4.43. The van der Waals surface area contributed by atoms with Crippen molar-refractivity contribution in [1.82, 2.24) is 4.98 Å². The van der Waals surface area contributed by atoms with Gasteiger partial charge < -0.3 is 14.2 Å². The van der Waals surface area contributed by atoms with Gasteiger partial charge in [0.05, 0.1) is 0 Å². The van der Waals surface area contributed by atoms with E-state index in [4.69, 9.17) is 20.4 Å². The van der Waals surface area contributed by atoms with Crippen molar-refractivity contribution in [3.05, 3.63) is 126 Å². The zero-order chi connectivity index (χ0) is 26.8. The largest absolute Gasteiger partial charge is 0.457 e. The maximum absolute atomic E-state index is 12.6. The lowest BCUT2D eigenvalue weighted by Crippen LogP contribution is -2.07. The first-order chi connectivity index (χ1) is 19.0. The summed E-state index contributed by atoms with van der Waals surface area (Å²) in [6.07, 6.45) is 3.05. The number of oxazole rings is 1. The van der Waals surface area contributed by atoms with Crippen molar-refractivity contribution in [2.24, 2.45) is 0 Å². The van der Waals surface area contributed by atoms with Crippen LogP contribution < -0.4 is 5.32 Å². The maximum Gasteiger partial charge on any atom is 0.248 e. The van der Waals surface area contributed by atoms with Crippen molar-refractivity contribution in [2.45, 2.75) is 6.92 Å². The second-order valence-electron chi connectivity index (χ2n) is 9.13. The van der Waals surface area contributed by atoms with Crippen LogP contribution in [0.2, 0.25) is 5.02 Å². The van der Waals surface area contributed by atoms with Crippen LogP contribution in [0.3, 0.4) is 0 Å². The van der Waals surface area contributed by atoms with Crippen molar-refractivity contribution in [3.8, 4) is 33.9 Å². The third-order valence-electron chi connectivity index (χ3n) is 6.38. The number of aromatic nitrogens is 1. The highest BCUT2D eigenvalue weighted by Crippen LogP contribution is 2.29. The van der Waals surface area contributed by atoms with E-state index in [0.29, 0.717) is 39.2 Å². The summed E-state index contributed by atoms with van der Waals surface area (Å²) in [5.41, 5.74) is 6.95. The van der Waals surface area contributed by atoms with Crippen LogP contribution in [0, 0.1) is 6.92 Å². The smallest absolute Gasteiger partial charge is 0.248 e. The zero-order valence-corrected chi connectivity index (χ0v) is 21.8. The monoisotopic (exact) mass is 530 g/mol. The van der Waals surface area contributed by atoms with Crippen molar-refractivity contribution in [2.75, 3.05) is 5.32 Å². The van der Waals surface area contributed by atoms with E-state index < -0.39 is 0 Å². The molecule has 0 aliphatic rings. The first-order valence-corrected chi connectivity index (χ1v) is 12.8. The Bertz CT molecular complexity index is 1820. The summed E-state index contributed by atoms with van der Waals surface area (Å²) in [5.74, 6) is 1.48. The van der Waals surface area contributed by atoms with E-state index in [2.05, 4.69) is 34.6 Å². The molecule has 0 unspecified atom stereocenters. The zero-order valence-electron chi connectivity index (χ0n) is 21.0. The van der Waals surface area contributed by atoms with Gasteiger partial charge in [0.1, 0.15) is 17.0 Å². The van der Waals surface area contributed by atoms with E-state index in [0.717, 1.165) is 27.8 Å². The number of anilines is 1. The molecule has 0 saturated carbocycles. The summed E-state index contributed by atoms with van der Waals surface area (Å²) in [6.45, 7) is 1.95. The summed E-state index contributed by atoms with van der Waals surface area (Å²) in [4.78, 5) is 17.2. The highest BCUT2D eigenvalue weighted by atomic mass is 35.5. The molecule has 0 fully saturated rings. The molecule has 6 aromatic rings. The molecule has 0 spiro atoms. The third kappa shape index (κ3) is 5.40. The molecule has 4 aromatic carbocycles. The molecule has 1 amide bonds. The number of nitrogens with zero attached hydrogens (tertiary/aromatic N) is 1. The number of amides is 1. The standard InChI is InChI=1S/C33H23ClN2O3/c1-21-7-8-25(19-28(21)34)30-17-14-27(38-30)15-18-32(37)35-26-13-16-31-29(20-26)36-33(39-31)24-11-9-23(10-12-24)22-5-3-2-4-6-22/h2-20H,1H3,(H,35,37)/b18-15+. The Balaban J connectivity index is 1.13.